The number of aliphatic hydroxyl groups excluding tert-OH is 1. The fourth-order valence-electron chi connectivity index (χ4n) is 5.40. The average Bonchev–Trinajstić information content (AvgIpc) is 3.55. The lowest BCUT2D eigenvalue weighted by atomic mass is 9.97. The van der Waals surface area contributed by atoms with E-state index >= 15 is 0 Å². The Morgan fingerprint density at radius 2 is 1.57 bits per heavy atom. The Balaban J connectivity index is 1.41. The van der Waals surface area contributed by atoms with E-state index in [1.807, 2.05) is 60.7 Å². The number of ketones is 1. The molecule has 0 aliphatic carbocycles. The highest BCUT2D eigenvalue weighted by Crippen LogP contribution is 2.43. The first kappa shape index (κ1) is 23.1. The highest BCUT2D eigenvalue weighted by Gasteiger charge is 2.48. The van der Waals surface area contributed by atoms with Crippen LogP contribution in [0, 0.1) is 5.92 Å². The van der Waals surface area contributed by atoms with E-state index < -0.39 is 17.7 Å². The van der Waals surface area contributed by atoms with Gasteiger partial charge < -0.3 is 14.4 Å². The number of furan rings is 1. The number of nitrogens with zero attached hydrogens (tertiary/aromatic N) is 2. The Kier molecular flexibility index (Phi) is 5.80. The smallest absolute Gasteiger partial charge is 0.300 e. The third-order valence-corrected chi connectivity index (χ3v) is 7.56. The molecule has 1 atom stereocenters. The average molecular weight is 493 g/mol. The van der Waals surface area contributed by atoms with Crippen molar-refractivity contribution < 1.29 is 19.1 Å². The second-order valence-electron chi connectivity index (χ2n) is 9.93. The van der Waals surface area contributed by atoms with Crippen LogP contribution in [0.15, 0.2) is 95.1 Å². The first-order valence-electron chi connectivity index (χ1n) is 12.7. The summed E-state index contributed by atoms with van der Waals surface area (Å²) in [5.74, 6) is -0.495. The van der Waals surface area contributed by atoms with Crippen LogP contribution in [0.5, 0.6) is 0 Å². The van der Waals surface area contributed by atoms with Crippen molar-refractivity contribution in [3.05, 3.63) is 102 Å². The van der Waals surface area contributed by atoms with Crippen molar-refractivity contribution in [3.63, 3.8) is 0 Å². The van der Waals surface area contributed by atoms with E-state index in [0.717, 1.165) is 48.3 Å². The number of aliphatic hydroxyl groups is 1. The summed E-state index contributed by atoms with van der Waals surface area (Å²) < 4.78 is 5.68. The van der Waals surface area contributed by atoms with Gasteiger partial charge in [-0.05, 0) is 72.0 Å². The summed E-state index contributed by atoms with van der Waals surface area (Å²) in [5.41, 5.74) is 2.17. The molecule has 0 saturated carbocycles. The summed E-state index contributed by atoms with van der Waals surface area (Å²) in [5, 5.41) is 13.3. The standard InChI is InChI=1S/C31H28N2O4/c1-20-14-16-32(17-15-20)24-10-12-25(13-11-24)33-28(26-7-4-18-37-26)27(30(35)31(33)36)29(34)23-9-8-21-5-2-3-6-22(21)19-23/h2-13,18-20,28,34H,14-17H2,1H3/b29-27-. The van der Waals surface area contributed by atoms with Gasteiger partial charge in [-0.15, -0.1) is 0 Å². The van der Waals surface area contributed by atoms with Crippen LogP contribution in [-0.2, 0) is 9.59 Å². The molecule has 1 N–H and O–H groups in total. The quantitative estimate of drug-likeness (QED) is 0.206. The summed E-state index contributed by atoms with van der Waals surface area (Å²) in [6.45, 7) is 4.29. The molecule has 186 valence electrons. The van der Waals surface area contributed by atoms with Gasteiger partial charge in [0.25, 0.3) is 11.7 Å². The Labute approximate surface area is 215 Å². The van der Waals surface area contributed by atoms with Gasteiger partial charge in [0.2, 0.25) is 0 Å². The maximum absolute atomic E-state index is 13.4. The van der Waals surface area contributed by atoms with Crippen LogP contribution in [0.2, 0.25) is 0 Å². The fraction of sp³-hybridized carbons (Fsp3) is 0.226. The molecule has 0 radical (unpaired) electrons. The van der Waals surface area contributed by atoms with E-state index in [1.165, 1.54) is 11.2 Å². The van der Waals surface area contributed by atoms with Gasteiger partial charge in [0.05, 0.1) is 11.8 Å². The van der Waals surface area contributed by atoms with Gasteiger partial charge in [-0.2, -0.15) is 0 Å². The van der Waals surface area contributed by atoms with Crippen LogP contribution in [0.3, 0.4) is 0 Å². The Bertz CT molecular complexity index is 1500. The van der Waals surface area contributed by atoms with Crippen molar-refractivity contribution >= 4 is 39.6 Å². The number of hydrogen-bond acceptors (Lipinski definition) is 5. The molecule has 3 aromatic carbocycles. The summed E-state index contributed by atoms with van der Waals surface area (Å²) in [7, 11) is 0. The molecule has 0 bridgehead atoms. The van der Waals surface area contributed by atoms with Gasteiger partial charge in [0, 0.05) is 30.0 Å². The van der Waals surface area contributed by atoms with Crippen molar-refractivity contribution in [2.75, 3.05) is 22.9 Å². The molecule has 2 fully saturated rings. The van der Waals surface area contributed by atoms with Crippen LogP contribution in [0.1, 0.15) is 37.1 Å². The Hall–Kier alpha value is -4.32. The zero-order valence-corrected chi connectivity index (χ0v) is 20.6. The summed E-state index contributed by atoms with van der Waals surface area (Å²) >= 11 is 0. The molecular formula is C31H28N2O4. The number of carbonyl (C=O) groups is 2. The van der Waals surface area contributed by atoms with Crippen LogP contribution in [0.25, 0.3) is 16.5 Å². The van der Waals surface area contributed by atoms with Gasteiger partial charge in [0.15, 0.2) is 0 Å². The highest BCUT2D eigenvalue weighted by molar-refractivity contribution is 6.51. The Morgan fingerprint density at radius 3 is 2.27 bits per heavy atom. The van der Waals surface area contributed by atoms with E-state index in [-0.39, 0.29) is 11.3 Å². The number of fused-ring (bicyclic) bond motifs is 1. The minimum absolute atomic E-state index is 0.0179. The molecule has 6 rings (SSSR count). The van der Waals surface area contributed by atoms with Crippen LogP contribution < -0.4 is 9.80 Å². The van der Waals surface area contributed by atoms with E-state index in [0.29, 0.717) is 17.0 Å². The monoisotopic (exact) mass is 492 g/mol. The van der Waals surface area contributed by atoms with Crippen molar-refractivity contribution in [2.24, 2.45) is 5.92 Å². The van der Waals surface area contributed by atoms with Gasteiger partial charge in [-0.3, -0.25) is 14.5 Å². The van der Waals surface area contributed by atoms with E-state index in [1.54, 1.807) is 18.2 Å². The SMILES string of the molecule is CC1CCN(c2ccc(N3C(=O)C(=O)/C(=C(\O)c4ccc5ccccc5c4)C3c3ccco3)cc2)CC1. The number of hydrogen-bond donors (Lipinski definition) is 1. The maximum atomic E-state index is 13.4. The fourth-order valence-corrected chi connectivity index (χ4v) is 5.40. The van der Waals surface area contributed by atoms with Crippen molar-refractivity contribution in [2.45, 2.75) is 25.8 Å². The van der Waals surface area contributed by atoms with Gasteiger partial charge in [-0.1, -0.05) is 43.3 Å². The predicted octanol–water partition coefficient (Wildman–Crippen LogP) is 6.30. The summed E-state index contributed by atoms with van der Waals surface area (Å²) in [6, 6.07) is 23.6. The summed E-state index contributed by atoms with van der Waals surface area (Å²) in [6.07, 6.45) is 3.82. The molecule has 2 aliphatic heterocycles. The molecule has 3 heterocycles. The second kappa shape index (κ2) is 9.28. The molecule has 1 aromatic heterocycles. The molecule has 2 saturated heterocycles. The van der Waals surface area contributed by atoms with E-state index in [4.69, 9.17) is 4.42 Å². The maximum Gasteiger partial charge on any atom is 0.300 e. The molecule has 1 amide bonds. The topological polar surface area (TPSA) is 74.0 Å². The Morgan fingerprint density at radius 1 is 0.865 bits per heavy atom. The van der Waals surface area contributed by atoms with Crippen molar-refractivity contribution in [3.8, 4) is 0 Å². The van der Waals surface area contributed by atoms with E-state index in [9.17, 15) is 14.7 Å². The first-order chi connectivity index (χ1) is 18.0. The third-order valence-electron chi connectivity index (χ3n) is 7.56. The molecule has 6 nitrogen and oxygen atoms in total. The minimum atomic E-state index is -0.872. The number of rotatable bonds is 4. The number of Topliss-reactive ketones (excluding diaryl/α,β-unsaturated/α-hetero) is 1. The van der Waals surface area contributed by atoms with Crippen molar-refractivity contribution in [1.29, 1.82) is 0 Å². The van der Waals surface area contributed by atoms with Crippen molar-refractivity contribution in [1.82, 2.24) is 0 Å². The second-order valence-corrected chi connectivity index (χ2v) is 9.93. The van der Waals surface area contributed by atoms with Crippen LogP contribution in [-0.4, -0.2) is 29.9 Å². The summed E-state index contributed by atoms with van der Waals surface area (Å²) in [4.78, 5) is 30.5. The lowest BCUT2D eigenvalue weighted by Gasteiger charge is -2.32. The lowest BCUT2D eigenvalue weighted by molar-refractivity contribution is -0.132. The zero-order chi connectivity index (χ0) is 25.5. The highest BCUT2D eigenvalue weighted by atomic mass is 16.3. The number of piperidine rings is 1. The first-order valence-corrected chi connectivity index (χ1v) is 12.7. The zero-order valence-electron chi connectivity index (χ0n) is 20.6. The molecule has 2 aliphatic rings. The van der Waals surface area contributed by atoms with Gasteiger partial charge in [-0.25, -0.2) is 0 Å². The predicted molar refractivity (Wildman–Crippen MR) is 144 cm³/mol. The molecular weight excluding hydrogens is 464 g/mol. The van der Waals surface area contributed by atoms with Crippen LogP contribution in [0.4, 0.5) is 11.4 Å². The van der Waals surface area contributed by atoms with Gasteiger partial charge >= 0.3 is 0 Å². The van der Waals surface area contributed by atoms with E-state index in [2.05, 4.69) is 11.8 Å². The molecule has 37 heavy (non-hydrogen) atoms. The van der Waals surface area contributed by atoms with Gasteiger partial charge in [0.1, 0.15) is 17.6 Å². The number of carbonyl (C=O) groups excluding carboxylic acids is 2. The minimum Gasteiger partial charge on any atom is -0.507 e. The van der Waals surface area contributed by atoms with Crippen LogP contribution >= 0.6 is 0 Å². The largest absolute Gasteiger partial charge is 0.507 e. The number of benzene rings is 3. The molecule has 6 heteroatoms. The molecule has 0 spiro atoms. The lowest BCUT2D eigenvalue weighted by Crippen LogP contribution is -2.33. The molecule has 4 aromatic rings. The third kappa shape index (κ3) is 4.08. The number of amides is 1. The molecule has 1 unspecified atom stereocenters. The number of anilines is 2. The normalized spacial score (nSPS) is 20.2.